The van der Waals surface area contributed by atoms with Gasteiger partial charge < -0.3 is 14.6 Å². The summed E-state index contributed by atoms with van der Waals surface area (Å²) >= 11 is 0. The first-order chi connectivity index (χ1) is 14.2. The maximum Gasteiger partial charge on any atom is 0.255 e. The van der Waals surface area contributed by atoms with Crippen molar-refractivity contribution in [2.45, 2.75) is 6.54 Å². The molecule has 0 aliphatic rings. The zero-order valence-corrected chi connectivity index (χ0v) is 16.0. The minimum Gasteiger partial charge on any atom is -0.496 e. The van der Waals surface area contributed by atoms with E-state index < -0.39 is 0 Å². The van der Waals surface area contributed by atoms with Gasteiger partial charge in [-0.15, -0.1) is 0 Å². The van der Waals surface area contributed by atoms with Crippen LogP contribution in [0.25, 0.3) is 22.5 Å². The van der Waals surface area contributed by atoms with E-state index in [0.717, 1.165) is 16.7 Å². The van der Waals surface area contributed by atoms with Gasteiger partial charge in [-0.25, -0.2) is 0 Å². The third kappa shape index (κ3) is 4.19. The molecule has 0 saturated carbocycles. The van der Waals surface area contributed by atoms with Crippen LogP contribution in [0.1, 0.15) is 16.1 Å². The number of hydrogen-bond acceptors (Lipinski definition) is 4. The lowest BCUT2D eigenvalue weighted by Crippen LogP contribution is -2.23. The number of carbonyl (C=O) groups excluding carboxylic acids is 1. The molecule has 4 aromatic rings. The Bertz CT molecular complexity index is 1100. The van der Waals surface area contributed by atoms with E-state index in [4.69, 9.17) is 9.26 Å². The lowest BCUT2D eigenvalue weighted by molar-refractivity contribution is 0.0947. The molecule has 0 atom stereocenters. The van der Waals surface area contributed by atoms with Crippen LogP contribution >= 0.6 is 0 Å². The van der Waals surface area contributed by atoms with Crippen molar-refractivity contribution in [3.63, 3.8) is 0 Å². The van der Waals surface area contributed by atoms with Crippen LogP contribution in [-0.2, 0) is 6.54 Å². The molecule has 144 valence electrons. The molecule has 3 aromatic carbocycles. The summed E-state index contributed by atoms with van der Waals surface area (Å²) in [4.78, 5) is 12.4. The number of nitrogens with one attached hydrogen (secondary N) is 1. The highest BCUT2D eigenvalue weighted by molar-refractivity contribution is 5.96. The molecule has 0 radical (unpaired) electrons. The van der Waals surface area contributed by atoms with Crippen molar-refractivity contribution < 1.29 is 14.1 Å². The van der Waals surface area contributed by atoms with Crippen LogP contribution in [0.5, 0.6) is 5.75 Å². The summed E-state index contributed by atoms with van der Waals surface area (Å²) in [6.45, 7) is 0.266. The highest BCUT2D eigenvalue weighted by Crippen LogP contribution is 2.25. The summed E-state index contributed by atoms with van der Waals surface area (Å²) < 4.78 is 10.7. The van der Waals surface area contributed by atoms with Gasteiger partial charge in [-0.1, -0.05) is 71.9 Å². The largest absolute Gasteiger partial charge is 0.496 e. The topological polar surface area (TPSA) is 64.4 Å². The molecule has 0 spiro atoms. The minimum atomic E-state index is -0.223. The van der Waals surface area contributed by atoms with Crippen LogP contribution in [-0.4, -0.2) is 18.2 Å². The monoisotopic (exact) mass is 384 g/mol. The first-order valence-corrected chi connectivity index (χ1v) is 9.27. The van der Waals surface area contributed by atoms with Gasteiger partial charge in [0.1, 0.15) is 11.4 Å². The Morgan fingerprint density at radius 3 is 2.31 bits per heavy atom. The average molecular weight is 384 g/mol. The fourth-order valence-electron chi connectivity index (χ4n) is 3.09. The highest BCUT2D eigenvalue weighted by Gasteiger charge is 2.13. The summed E-state index contributed by atoms with van der Waals surface area (Å²) in [7, 11) is 1.54. The molecule has 0 saturated heterocycles. The van der Waals surface area contributed by atoms with Crippen molar-refractivity contribution in [2.75, 3.05) is 7.11 Å². The molecule has 1 aromatic heterocycles. The predicted octanol–water partition coefficient (Wildman–Crippen LogP) is 4.95. The molecular weight excluding hydrogens is 364 g/mol. The Kier molecular flexibility index (Phi) is 5.38. The van der Waals surface area contributed by atoms with Crippen molar-refractivity contribution in [1.29, 1.82) is 0 Å². The van der Waals surface area contributed by atoms with Crippen molar-refractivity contribution >= 4 is 5.91 Å². The molecule has 0 aliphatic carbocycles. The number of amides is 1. The van der Waals surface area contributed by atoms with Crippen molar-refractivity contribution in [1.82, 2.24) is 10.5 Å². The summed E-state index contributed by atoms with van der Waals surface area (Å²) in [5.41, 5.74) is 4.36. The van der Waals surface area contributed by atoms with Gasteiger partial charge in [-0.2, -0.15) is 0 Å². The summed E-state index contributed by atoms with van der Waals surface area (Å²) in [6, 6.07) is 27.2. The number of benzene rings is 3. The third-order valence-corrected chi connectivity index (χ3v) is 4.62. The number of para-hydroxylation sites is 1. The summed E-state index contributed by atoms with van der Waals surface area (Å²) in [6.07, 6.45) is 0. The molecule has 0 bridgehead atoms. The molecule has 4 rings (SSSR count). The number of nitrogens with zero attached hydrogens (tertiary/aromatic N) is 1. The molecule has 29 heavy (non-hydrogen) atoms. The first-order valence-electron chi connectivity index (χ1n) is 9.27. The van der Waals surface area contributed by atoms with Gasteiger partial charge >= 0.3 is 0 Å². The number of carbonyl (C=O) groups is 1. The van der Waals surface area contributed by atoms with Crippen LogP contribution < -0.4 is 10.1 Å². The molecule has 1 heterocycles. The van der Waals surface area contributed by atoms with Gasteiger partial charge in [0, 0.05) is 11.6 Å². The van der Waals surface area contributed by atoms with Gasteiger partial charge in [0.2, 0.25) is 0 Å². The van der Waals surface area contributed by atoms with Crippen LogP contribution in [0.2, 0.25) is 0 Å². The molecule has 0 unspecified atom stereocenters. The van der Waals surface area contributed by atoms with Crippen molar-refractivity contribution in [3.8, 4) is 28.2 Å². The summed E-state index contributed by atoms with van der Waals surface area (Å²) in [5.74, 6) is 0.967. The number of ether oxygens (including phenoxy) is 1. The molecule has 1 amide bonds. The van der Waals surface area contributed by atoms with Crippen LogP contribution in [0.3, 0.4) is 0 Å². The Balaban J connectivity index is 1.43. The van der Waals surface area contributed by atoms with Crippen LogP contribution in [0.15, 0.2) is 89.5 Å². The third-order valence-electron chi connectivity index (χ3n) is 4.62. The lowest BCUT2D eigenvalue weighted by Gasteiger charge is -2.07. The second-order valence-electron chi connectivity index (χ2n) is 6.51. The molecule has 5 nitrogen and oxygen atoms in total. The van der Waals surface area contributed by atoms with E-state index in [1.165, 1.54) is 0 Å². The Hall–Kier alpha value is -3.86. The second-order valence-corrected chi connectivity index (χ2v) is 6.51. The Morgan fingerprint density at radius 1 is 0.897 bits per heavy atom. The minimum absolute atomic E-state index is 0.223. The molecule has 0 aliphatic heterocycles. The molecule has 5 heteroatoms. The van der Waals surface area contributed by atoms with Gasteiger partial charge in [0.25, 0.3) is 5.91 Å². The lowest BCUT2D eigenvalue weighted by atomic mass is 10.0. The van der Waals surface area contributed by atoms with Crippen LogP contribution in [0, 0.1) is 0 Å². The predicted molar refractivity (Wildman–Crippen MR) is 112 cm³/mol. The maximum absolute atomic E-state index is 12.4. The van der Waals surface area contributed by atoms with E-state index in [1.54, 1.807) is 25.3 Å². The zero-order valence-electron chi connectivity index (χ0n) is 16.0. The Morgan fingerprint density at radius 2 is 1.55 bits per heavy atom. The quantitative estimate of drug-likeness (QED) is 0.511. The standard InChI is InChI=1S/C24H20N2O3/c1-28-22-10-6-5-9-21(22)24(27)25-16-20-15-23(29-26-20)19-13-11-18(12-14-19)17-7-3-2-4-8-17/h2-15H,16H2,1H3,(H,25,27). The van der Waals surface area contributed by atoms with E-state index in [2.05, 4.69) is 34.7 Å². The van der Waals surface area contributed by atoms with Gasteiger partial charge in [-0.3, -0.25) is 4.79 Å². The average Bonchev–Trinajstić information content (AvgIpc) is 3.27. The van der Waals surface area contributed by atoms with Gasteiger partial charge in [0.05, 0.1) is 19.2 Å². The fraction of sp³-hybridized carbons (Fsp3) is 0.0833. The van der Waals surface area contributed by atoms with Gasteiger partial charge in [0.15, 0.2) is 5.76 Å². The van der Waals surface area contributed by atoms with Crippen molar-refractivity contribution in [3.05, 3.63) is 96.2 Å². The number of methoxy groups -OCH3 is 1. The van der Waals surface area contributed by atoms with E-state index in [1.807, 2.05) is 42.5 Å². The summed E-state index contributed by atoms with van der Waals surface area (Å²) in [5, 5.41) is 6.90. The van der Waals surface area contributed by atoms with E-state index >= 15 is 0 Å². The number of hydrogen-bond donors (Lipinski definition) is 1. The van der Waals surface area contributed by atoms with E-state index in [0.29, 0.717) is 22.8 Å². The zero-order chi connectivity index (χ0) is 20.1. The number of rotatable bonds is 6. The molecule has 0 fully saturated rings. The fourth-order valence-corrected chi connectivity index (χ4v) is 3.09. The Labute approximate surface area is 168 Å². The van der Waals surface area contributed by atoms with Gasteiger partial charge in [-0.05, 0) is 23.3 Å². The van der Waals surface area contributed by atoms with Crippen LogP contribution in [0.4, 0.5) is 0 Å². The normalized spacial score (nSPS) is 10.5. The van der Waals surface area contributed by atoms with E-state index in [-0.39, 0.29) is 12.5 Å². The smallest absolute Gasteiger partial charge is 0.255 e. The molecular formula is C24H20N2O3. The number of aromatic nitrogens is 1. The maximum atomic E-state index is 12.4. The van der Waals surface area contributed by atoms with Crippen molar-refractivity contribution in [2.24, 2.45) is 0 Å². The first kappa shape index (κ1) is 18.5. The SMILES string of the molecule is COc1ccccc1C(=O)NCc1cc(-c2ccc(-c3ccccc3)cc2)on1. The highest BCUT2D eigenvalue weighted by atomic mass is 16.5. The second kappa shape index (κ2) is 8.44. The van der Waals surface area contributed by atoms with E-state index in [9.17, 15) is 4.79 Å². The molecule has 1 N–H and O–H groups in total.